The standard InChI is InChI=1S/C19H15N3O/c1-13-18(15-8-5-11-20-12-15)21-22(19(13)23)17-10-4-7-14-6-2-3-9-16(14)17/h2-12,21H,1H3. The second-order valence-corrected chi connectivity index (χ2v) is 5.49. The lowest BCUT2D eigenvalue weighted by molar-refractivity contribution is 0.857. The predicted molar refractivity (Wildman–Crippen MR) is 91.9 cm³/mol. The van der Waals surface area contributed by atoms with Gasteiger partial charge in [-0.05, 0) is 30.5 Å². The first-order valence-corrected chi connectivity index (χ1v) is 7.46. The summed E-state index contributed by atoms with van der Waals surface area (Å²) >= 11 is 0. The molecule has 2 aromatic carbocycles. The number of aromatic amines is 1. The van der Waals surface area contributed by atoms with Crippen LogP contribution in [0.4, 0.5) is 0 Å². The van der Waals surface area contributed by atoms with E-state index < -0.39 is 0 Å². The first-order valence-electron chi connectivity index (χ1n) is 7.46. The number of hydrogen-bond donors (Lipinski definition) is 1. The van der Waals surface area contributed by atoms with Crippen LogP contribution in [-0.2, 0) is 0 Å². The van der Waals surface area contributed by atoms with E-state index in [1.807, 2.05) is 61.5 Å². The van der Waals surface area contributed by atoms with E-state index in [0.29, 0.717) is 5.56 Å². The number of nitrogens with zero attached hydrogens (tertiary/aromatic N) is 2. The highest BCUT2D eigenvalue weighted by atomic mass is 16.1. The molecule has 0 spiro atoms. The Kier molecular flexibility index (Phi) is 3.08. The molecule has 0 atom stereocenters. The maximum atomic E-state index is 12.7. The quantitative estimate of drug-likeness (QED) is 0.614. The van der Waals surface area contributed by atoms with Crippen LogP contribution in [0.3, 0.4) is 0 Å². The molecule has 0 saturated carbocycles. The summed E-state index contributed by atoms with van der Waals surface area (Å²) in [5, 5.41) is 5.38. The lowest BCUT2D eigenvalue weighted by atomic mass is 10.1. The van der Waals surface area contributed by atoms with E-state index in [1.165, 1.54) is 0 Å². The SMILES string of the molecule is Cc1c(-c2cccnc2)[nH]n(-c2cccc3ccccc23)c1=O. The van der Waals surface area contributed by atoms with Gasteiger partial charge in [-0.25, -0.2) is 4.68 Å². The van der Waals surface area contributed by atoms with Crippen molar-refractivity contribution in [1.29, 1.82) is 0 Å². The molecule has 23 heavy (non-hydrogen) atoms. The molecule has 0 fully saturated rings. The number of aromatic nitrogens is 3. The molecule has 4 nitrogen and oxygen atoms in total. The van der Waals surface area contributed by atoms with Crippen LogP contribution < -0.4 is 5.56 Å². The number of hydrogen-bond acceptors (Lipinski definition) is 2. The highest BCUT2D eigenvalue weighted by molar-refractivity contribution is 5.90. The largest absolute Gasteiger partial charge is 0.290 e. The molecular weight excluding hydrogens is 286 g/mol. The van der Waals surface area contributed by atoms with Crippen LogP contribution >= 0.6 is 0 Å². The molecule has 2 heterocycles. The van der Waals surface area contributed by atoms with Gasteiger partial charge in [-0.3, -0.25) is 14.9 Å². The van der Waals surface area contributed by atoms with Gasteiger partial charge in [0.2, 0.25) is 0 Å². The van der Waals surface area contributed by atoms with Crippen molar-refractivity contribution in [3.63, 3.8) is 0 Å². The number of pyridine rings is 1. The zero-order valence-corrected chi connectivity index (χ0v) is 12.7. The Morgan fingerprint density at radius 1 is 1.00 bits per heavy atom. The Morgan fingerprint density at radius 2 is 1.83 bits per heavy atom. The van der Waals surface area contributed by atoms with Crippen molar-refractivity contribution in [2.24, 2.45) is 0 Å². The third-order valence-electron chi connectivity index (χ3n) is 4.08. The number of benzene rings is 2. The summed E-state index contributed by atoms with van der Waals surface area (Å²) in [4.78, 5) is 16.9. The molecule has 0 bridgehead atoms. The van der Waals surface area contributed by atoms with Gasteiger partial charge in [0.05, 0.1) is 11.4 Å². The number of nitrogens with one attached hydrogen (secondary N) is 1. The summed E-state index contributed by atoms with van der Waals surface area (Å²) in [5.74, 6) is 0. The van der Waals surface area contributed by atoms with Crippen LogP contribution in [0, 0.1) is 6.92 Å². The van der Waals surface area contributed by atoms with Gasteiger partial charge in [0, 0.05) is 28.9 Å². The second-order valence-electron chi connectivity index (χ2n) is 5.49. The molecule has 0 amide bonds. The van der Waals surface area contributed by atoms with Gasteiger partial charge in [0.1, 0.15) is 0 Å². The van der Waals surface area contributed by atoms with Gasteiger partial charge in [-0.15, -0.1) is 0 Å². The minimum Gasteiger partial charge on any atom is -0.290 e. The Hall–Kier alpha value is -3.14. The van der Waals surface area contributed by atoms with Gasteiger partial charge in [0.15, 0.2) is 0 Å². The average molecular weight is 301 g/mol. The predicted octanol–water partition coefficient (Wildman–Crippen LogP) is 3.69. The Morgan fingerprint density at radius 3 is 2.65 bits per heavy atom. The molecule has 4 aromatic rings. The summed E-state index contributed by atoms with van der Waals surface area (Å²) in [6.45, 7) is 1.84. The zero-order chi connectivity index (χ0) is 15.8. The number of fused-ring (bicyclic) bond motifs is 1. The molecule has 0 unspecified atom stereocenters. The third-order valence-corrected chi connectivity index (χ3v) is 4.08. The van der Waals surface area contributed by atoms with Gasteiger partial charge in [-0.1, -0.05) is 36.4 Å². The lowest BCUT2D eigenvalue weighted by Gasteiger charge is -2.06. The fourth-order valence-corrected chi connectivity index (χ4v) is 2.89. The van der Waals surface area contributed by atoms with Crippen LogP contribution in [-0.4, -0.2) is 14.8 Å². The van der Waals surface area contributed by atoms with Gasteiger partial charge >= 0.3 is 0 Å². The molecule has 112 valence electrons. The van der Waals surface area contributed by atoms with Crippen molar-refractivity contribution < 1.29 is 0 Å². The van der Waals surface area contributed by atoms with Crippen molar-refractivity contribution in [2.45, 2.75) is 6.92 Å². The van der Waals surface area contributed by atoms with E-state index in [-0.39, 0.29) is 5.56 Å². The highest BCUT2D eigenvalue weighted by Gasteiger charge is 2.14. The van der Waals surface area contributed by atoms with Crippen molar-refractivity contribution in [2.75, 3.05) is 0 Å². The summed E-state index contributed by atoms with van der Waals surface area (Å²) in [5.41, 5.74) is 3.20. The Bertz CT molecular complexity index is 1040. The van der Waals surface area contributed by atoms with Crippen LogP contribution in [0.1, 0.15) is 5.56 Å². The zero-order valence-electron chi connectivity index (χ0n) is 12.7. The number of rotatable bonds is 2. The van der Waals surface area contributed by atoms with Crippen LogP contribution in [0.15, 0.2) is 71.8 Å². The van der Waals surface area contributed by atoms with Crippen molar-refractivity contribution in [3.05, 3.63) is 82.9 Å². The monoisotopic (exact) mass is 301 g/mol. The first kappa shape index (κ1) is 13.5. The molecule has 4 rings (SSSR count). The van der Waals surface area contributed by atoms with Crippen LogP contribution in [0.2, 0.25) is 0 Å². The molecule has 0 saturated heterocycles. The van der Waals surface area contributed by atoms with Gasteiger partial charge in [-0.2, -0.15) is 0 Å². The minimum absolute atomic E-state index is 0.0415. The lowest BCUT2D eigenvalue weighted by Crippen LogP contribution is -2.16. The molecule has 0 aliphatic heterocycles. The number of H-pyrrole nitrogens is 1. The van der Waals surface area contributed by atoms with Gasteiger partial charge in [0.25, 0.3) is 5.56 Å². The molecule has 0 aliphatic carbocycles. The molecular formula is C19H15N3O. The fraction of sp³-hybridized carbons (Fsp3) is 0.0526. The Balaban J connectivity index is 1.98. The van der Waals surface area contributed by atoms with Crippen LogP contribution in [0.5, 0.6) is 0 Å². The molecule has 2 aromatic heterocycles. The average Bonchev–Trinajstić information content (AvgIpc) is 2.91. The smallest absolute Gasteiger partial charge is 0.274 e. The first-order chi connectivity index (χ1) is 11.3. The minimum atomic E-state index is -0.0415. The van der Waals surface area contributed by atoms with E-state index >= 15 is 0 Å². The molecule has 1 N–H and O–H groups in total. The topological polar surface area (TPSA) is 50.7 Å². The maximum absolute atomic E-state index is 12.7. The van der Waals surface area contributed by atoms with E-state index in [0.717, 1.165) is 27.7 Å². The summed E-state index contributed by atoms with van der Waals surface area (Å²) < 4.78 is 1.61. The van der Waals surface area contributed by atoms with E-state index in [4.69, 9.17) is 0 Å². The van der Waals surface area contributed by atoms with Crippen LogP contribution in [0.25, 0.3) is 27.7 Å². The van der Waals surface area contributed by atoms with Crippen molar-refractivity contribution in [3.8, 4) is 16.9 Å². The maximum Gasteiger partial charge on any atom is 0.274 e. The summed E-state index contributed by atoms with van der Waals surface area (Å²) in [7, 11) is 0. The molecule has 0 aliphatic rings. The molecule has 0 radical (unpaired) electrons. The normalized spacial score (nSPS) is 11.0. The van der Waals surface area contributed by atoms with Crippen molar-refractivity contribution >= 4 is 10.8 Å². The fourth-order valence-electron chi connectivity index (χ4n) is 2.89. The van der Waals surface area contributed by atoms with Crippen molar-refractivity contribution in [1.82, 2.24) is 14.8 Å². The molecule has 4 heteroatoms. The van der Waals surface area contributed by atoms with E-state index in [2.05, 4.69) is 10.1 Å². The van der Waals surface area contributed by atoms with Gasteiger partial charge < -0.3 is 0 Å². The van der Waals surface area contributed by atoms with E-state index in [1.54, 1.807) is 17.1 Å². The Labute approximate surface area is 133 Å². The highest BCUT2D eigenvalue weighted by Crippen LogP contribution is 2.23. The third kappa shape index (κ3) is 2.16. The summed E-state index contributed by atoms with van der Waals surface area (Å²) in [6, 6.07) is 17.8. The second kappa shape index (κ2) is 5.25. The summed E-state index contributed by atoms with van der Waals surface area (Å²) in [6.07, 6.45) is 3.48. The van der Waals surface area contributed by atoms with E-state index in [9.17, 15) is 4.79 Å².